The number of rotatable bonds is 6. The zero-order chi connectivity index (χ0) is 21.5. The second-order valence-electron chi connectivity index (χ2n) is 6.60. The van der Waals surface area contributed by atoms with E-state index < -0.39 is 5.91 Å². The van der Waals surface area contributed by atoms with Crippen LogP contribution in [-0.4, -0.2) is 5.91 Å². The maximum Gasteiger partial charge on any atom is 0.266 e. The van der Waals surface area contributed by atoms with Crippen LogP contribution < -0.4 is 10.1 Å². The largest absolute Gasteiger partial charge is 0.487 e. The Labute approximate surface area is 185 Å². The van der Waals surface area contributed by atoms with Crippen molar-refractivity contribution in [3.63, 3.8) is 0 Å². The van der Waals surface area contributed by atoms with Gasteiger partial charge in [-0.1, -0.05) is 53.5 Å². The normalized spacial score (nSPS) is 10.9. The number of benzene rings is 3. The third-order valence-corrected chi connectivity index (χ3v) is 4.72. The van der Waals surface area contributed by atoms with Crippen LogP contribution in [0, 0.1) is 18.3 Å². The molecule has 0 bridgehead atoms. The fourth-order valence-corrected chi connectivity index (χ4v) is 3.20. The molecule has 0 aliphatic carbocycles. The van der Waals surface area contributed by atoms with E-state index in [1.165, 1.54) is 6.08 Å². The zero-order valence-corrected chi connectivity index (χ0v) is 17.7. The molecule has 0 fully saturated rings. The van der Waals surface area contributed by atoms with Crippen molar-refractivity contribution in [2.24, 2.45) is 0 Å². The number of amides is 1. The highest BCUT2D eigenvalue weighted by Crippen LogP contribution is 2.27. The highest BCUT2D eigenvalue weighted by molar-refractivity contribution is 6.32. The van der Waals surface area contributed by atoms with Gasteiger partial charge in [0.25, 0.3) is 5.91 Å². The van der Waals surface area contributed by atoms with Crippen molar-refractivity contribution in [2.45, 2.75) is 13.5 Å². The smallest absolute Gasteiger partial charge is 0.266 e. The Morgan fingerprint density at radius 1 is 1.10 bits per heavy atom. The number of ether oxygens (including phenoxy) is 1. The molecular weight excluding hydrogens is 419 g/mol. The molecule has 0 unspecified atom stereocenters. The van der Waals surface area contributed by atoms with Gasteiger partial charge < -0.3 is 10.1 Å². The lowest BCUT2D eigenvalue weighted by Crippen LogP contribution is -2.13. The van der Waals surface area contributed by atoms with Gasteiger partial charge in [-0.25, -0.2) is 0 Å². The van der Waals surface area contributed by atoms with Gasteiger partial charge in [0.05, 0.1) is 5.02 Å². The minimum absolute atomic E-state index is 0.0276. The van der Waals surface area contributed by atoms with Crippen molar-refractivity contribution in [3.8, 4) is 11.8 Å². The number of halogens is 2. The maximum atomic E-state index is 12.4. The summed E-state index contributed by atoms with van der Waals surface area (Å²) in [6.07, 6.45) is 1.48. The summed E-state index contributed by atoms with van der Waals surface area (Å²) in [6, 6.07) is 21.7. The summed E-state index contributed by atoms with van der Waals surface area (Å²) in [5.74, 6) is 0.0111. The third kappa shape index (κ3) is 5.87. The summed E-state index contributed by atoms with van der Waals surface area (Å²) < 4.78 is 5.75. The number of nitrogens with zero attached hydrogens (tertiary/aromatic N) is 1. The van der Waals surface area contributed by atoms with Crippen LogP contribution in [0.5, 0.6) is 5.75 Å². The van der Waals surface area contributed by atoms with Gasteiger partial charge in [-0.15, -0.1) is 0 Å². The van der Waals surface area contributed by atoms with E-state index in [9.17, 15) is 10.1 Å². The summed E-state index contributed by atoms with van der Waals surface area (Å²) in [5.41, 5.74) is 3.15. The van der Waals surface area contributed by atoms with Gasteiger partial charge in [0.2, 0.25) is 0 Å². The Kier molecular flexibility index (Phi) is 7.13. The van der Waals surface area contributed by atoms with Crippen molar-refractivity contribution >= 4 is 40.9 Å². The van der Waals surface area contributed by atoms with Gasteiger partial charge in [0.15, 0.2) is 0 Å². The third-order valence-electron chi connectivity index (χ3n) is 4.19. The Balaban J connectivity index is 1.71. The SMILES string of the molecule is Cc1cccc(NC(=O)/C(C#N)=C/c2ccc(OCc3cccc(Cl)c3)c(Cl)c2)c1. The van der Waals surface area contributed by atoms with E-state index in [1.807, 2.05) is 49.4 Å². The molecule has 0 aliphatic heterocycles. The molecule has 0 aromatic heterocycles. The minimum Gasteiger partial charge on any atom is -0.487 e. The molecule has 0 heterocycles. The van der Waals surface area contributed by atoms with E-state index in [4.69, 9.17) is 27.9 Å². The molecule has 1 N–H and O–H groups in total. The Hall–Kier alpha value is -3.26. The molecule has 4 nitrogen and oxygen atoms in total. The highest BCUT2D eigenvalue weighted by Gasteiger charge is 2.11. The van der Waals surface area contributed by atoms with Crippen LogP contribution in [0.3, 0.4) is 0 Å². The number of carbonyl (C=O) groups is 1. The lowest BCUT2D eigenvalue weighted by Gasteiger charge is -2.09. The average Bonchev–Trinajstić information content (AvgIpc) is 2.71. The molecule has 6 heteroatoms. The number of nitriles is 1. The molecule has 0 atom stereocenters. The van der Waals surface area contributed by atoms with Crippen molar-refractivity contribution in [1.82, 2.24) is 0 Å². The van der Waals surface area contributed by atoms with Gasteiger partial charge in [-0.05, 0) is 66.1 Å². The first-order valence-electron chi connectivity index (χ1n) is 9.11. The van der Waals surface area contributed by atoms with Crippen LogP contribution >= 0.6 is 23.2 Å². The molecule has 0 saturated carbocycles. The Bertz CT molecular complexity index is 1150. The monoisotopic (exact) mass is 436 g/mol. The van der Waals surface area contributed by atoms with Crippen LogP contribution in [0.1, 0.15) is 16.7 Å². The fraction of sp³-hybridized carbons (Fsp3) is 0.0833. The number of hydrogen-bond acceptors (Lipinski definition) is 3. The van der Waals surface area contributed by atoms with Crippen molar-refractivity contribution in [3.05, 3.63) is 99.0 Å². The molecule has 30 heavy (non-hydrogen) atoms. The van der Waals surface area contributed by atoms with E-state index in [0.717, 1.165) is 11.1 Å². The second-order valence-corrected chi connectivity index (χ2v) is 7.45. The lowest BCUT2D eigenvalue weighted by atomic mass is 10.1. The molecule has 150 valence electrons. The van der Waals surface area contributed by atoms with Crippen molar-refractivity contribution < 1.29 is 9.53 Å². The van der Waals surface area contributed by atoms with Crippen molar-refractivity contribution in [1.29, 1.82) is 5.26 Å². The van der Waals surface area contributed by atoms with Gasteiger partial charge >= 0.3 is 0 Å². The summed E-state index contributed by atoms with van der Waals surface area (Å²) in [4.78, 5) is 12.4. The number of aryl methyl sites for hydroxylation is 1. The Morgan fingerprint density at radius 3 is 2.60 bits per heavy atom. The van der Waals surface area contributed by atoms with E-state index in [0.29, 0.717) is 33.7 Å². The van der Waals surface area contributed by atoms with Gasteiger partial charge in [-0.2, -0.15) is 5.26 Å². The molecule has 3 rings (SSSR count). The van der Waals surface area contributed by atoms with Gasteiger partial charge in [0.1, 0.15) is 24.0 Å². The first-order valence-corrected chi connectivity index (χ1v) is 9.87. The predicted molar refractivity (Wildman–Crippen MR) is 121 cm³/mol. The molecule has 0 radical (unpaired) electrons. The second kappa shape index (κ2) is 9.98. The summed E-state index contributed by atoms with van der Waals surface area (Å²) in [6.45, 7) is 2.24. The van der Waals surface area contributed by atoms with Crippen LogP contribution in [0.15, 0.2) is 72.3 Å². The summed E-state index contributed by atoms with van der Waals surface area (Å²) in [5, 5.41) is 13.1. The molecule has 3 aromatic carbocycles. The van der Waals surface area contributed by atoms with Gasteiger partial charge in [-0.3, -0.25) is 4.79 Å². The molecule has 0 aliphatic rings. The summed E-state index contributed by atoms with van der Waals surface area (Å²) in [7, 11) is 0. The maximum absolute atomic E-state index is 12.4. The standard InChI is InChI=1S/C24H18Cl2N2O2/c1-16-4-2-7-21(10-16)28-24(29)19(14-27)11-17-8-9-23(22(26)13-17)30-15-18-5-3-6-20(25)12-18/h2-13H,15H2,1H3,(H,28,29)/b19-11+. The molecule has 1 amide bonds. The number of nitrogens with one attached hydrogen (secondary N) is 1. The van der Waals surface area contributed by atoms with Crippen molar-refractivity contribution in [2.75, 3.05) is 5.32 Å². The highest BCUT2D eigenvalue weighted by atomic mass is 35.5. The number of anilines is 1. The molecule has 3 aromatic rings. The first kappa shape index (κ1) is 21.4. The van der Waals surface area contributed by atoms with Gasteiger partial charge in [0, 0.05) is 10.7 Å². The average molecular weight is 437 g/mol. The van der Waals surface area contributed by atoms with E-state index in [2.05, 4.69) is 5.32 Å². The topological polar surface area (TPSA) is 62.1 Å². The lowest BCUT2D eigenvalue weighted by molar-refractivity contribution is -0.112. The minimum atomic E-state index is -0.486. The van der Waals surface area contributed by atoms with E-state index in [1.54, 1.807) is 30.3 Å². The number of hydrogen-bond donors (Lipinski definition) is 1. The quantitative estimate of drug-likeness (QED) is 0.357. The molecule has 0 saturated heterocycles. The van der Waals surface area contributed by atoms with Crippen LogP contribution in [0.2, 0.25) is 10.0 Å². The summed E-state index contributed by atoms with van der Waals surface area (Å²) >= 11 is 12.3. The molecule has 0 spiro atoms. The van der Waals surface area contributed by atoms with E-state index >= 15 is 0 Å². The first-order chi connectivity index (χ1) is 14.4. The van der Waals surface area contributed by atoms with Crippen LogP contribution in [0.25, 0.3) is 6.08 Å². The Morgan fingerprint density at radius 2 is 1.90 bits per heavy atom. The van der Waals surface area contributed by atoms with Crippen LogP contribution in [0.4, 0.5) is 5.69 Å². The predicted octanol–water partition coefficient (Wildman–Crippen LogP) is 6.43. The van der Waals surface area contributed by atoms with Crippen LogP contribution in [-0.2, 0) is 11.4 Å². The zero-order valence-electron chi connectivity index (χ0n) is 16.2. The van der Waals surface area contributed by atoms with E-state index in [-0.39, 0.29) is 5.57 Å². The number of carbonyl (C=O) groups excluding carboxylic acids is 1. The fourth-order valence-electron chi connectivity index (χ4n) is 2.75. The molecular formula is C24H18Cl2N2O2.